The van der Waals surface area contributed by atoms with Gasteiger partial charge < -0.3 is 15.7 Å². The molecule has 1 aliphatic heterocycles. The predicted octanol–water partition coefficient (Wildman–Crippen LogP) is 2.87. The van der Waals surface area contributed by atoms with Gasteiger partial charge in [-0.25, -0.2) is 0 Å². The second kappa shape index (κ2) is 6.91. The highest BCUT2D eigenvalue weighted by Gasteiger charge is 2.15. The molecule has 0 saturated carbocycles. The van der Waals surface area contributed by atoms with Crippen LogP contribution in [0.5, 0.6) is 5.75 Å². The number of phenols is 1. The lowest BCUT2D eigenvalue weighted by Crippen LogP contribution is -2.28. The van der Waals surface area contributed by atoms with Crippen LogP contribution >= 0.6 is 15.9 Å². The highest BCUT2D eigenvalue weighted by Crippen LogP contribution is 2.31. The van der Waals surface area contributed by atoms with Crippen molar-refractivity contribution in [1.29, 1.82) is 0 Å². The number of amides is 1. The SMILES string of the molecule is O=C(CCC1CCNCC1)Nc1cccc(Br)c1O. The van der Waals surface area contributed by atoms with E-state index in [1.807, 2.05) is 0 Å². The number of benzene rings is 1. The summed E-state index contributed by atoms with van der Waals surface area (Å²) in [6, 6.07) is 5.22. The van der Waals surface area contributed by atoms with Gasteiger partial charge in [0.25, 0.3) is 0 Å². The number of phenolic OH excluding ortho intramolecular Hbond substituents is 1. The summed E-state index contributed by atoms with van der Waals surface area (Å²) in [6.45, 7) is 2.11. The van der Waals surface area contributed by atoms with E-state index in [0.29, 0.717) is 22.5 Å². The first-order valence-electron chi connectivity index (χ1n) is 6.65. The van der Waals surface area contributed by atoms with Crippen LogP contribution in [0.3, 0.4) is 0 Å². The summed E-state index contributed by atoms with van der Waals surface area (Å²) in [5.41, 5.74) is 0.463. The van der Waals surface area contributed by atoms with Gasteiger partial charge in [-0.15, -0.1) is 0 Å². The largest absolute Gasteiger partial charge is 0.505 e. The van der Waals surface area contributed by atoms with Gasteiger partial charge in [-0.3, -0.25) is 4.79 Å². The summed E-state index contributed by atoms with van der Waals surface area (Å²) >= 11 is 3.23. The van der Waals surface area contributed by atoms with E-state index in [2.05, 4.69) is 26.6 Å². The van der Waals surface area contributed by atoms with Gasteiger partial charge in [0.2, 0.25) is 5.91 Å². The van der Waals surface area contributed by atoms with Crippen molar-refractivity contribution in [2.45, 2.75) is 25.7 Å². The fourth-order valence-corrected chi connectivity index (χ4v) is 2.70. The van der Waals surface area contributed by atoms with E-state index in [0.717, 1.165) is 32.4 Å². The van der Waals surface area contributed by atoms with E-state index < -0.39 is 0 Å². The first-order chi connectivity index (χ1) is 9.16. The Kier molecular flexibility index (Phi) is 5.22. The highest BCUT2D eigenvalue weighted by atomic mass is 79.9. The lowest BCUT2D eigenvalue weighted by atomic mass is 9.93. The molecule has 0 unspecified atom stereocenters. The molecule has 1 amide bonds. The Hall–Kier alpha value is -1.07. The number of anilines is 1. The zero-order chi connectivity index (χ0) is 13.7. The number of carbonyl (C=O) groups is 1. The average molecular weight is 327 g/mol. The van der Waals surface area contributed by atoms with Gasteiger partial charge in [-0.1, -0.05) is 6.07 Å². The molecule has 0 bridgehead atoms. The molecular weight excluding hydrogens is 308 g/mol. The van der Waals surface area contributed by atoms with Crippen molar-refractivity contribution in [2.75, 3.05) is 18.4 Å². The van der Waals surface area contributed by atoms with Crippen molar-refractivity contribution >= 4 is 27.5 Å². The molecule has 3 N–H and O–H groups in total. The Morgan fingerprint density at radius 2 is 2.16 bits per heavy atom. The summed E-state index contributed by atoms with van der Waals surface area (Å²) < 4.78 is 0.587. The number of hydrogen-bond acceptors (Lipinski definition) is 3. The first kappa shape index (κ1) is 14.3. The second-order valence-corrected chi connectivity index (χ2v) is 5.77. The monoisotopic (exact) mass is 326 g/mol. The zero-order valence-electron chi connectivity index (χ0n) is 10.8. The number of nitrogens with one attached hydrogen (secondary N) is 2. The minimum absolute atomic E-state index is 0.0352. The van der Waals surface area contributed by atoms with Crippen LogP contribution in [0, 0.1) is 5.92 Å². The molecule has 0 aromatic heterocycles. The lowest BCUT2D eigenvalue weighted by molar-refractivity contribution is -0.116. The normalized spacial score (nSPS) is 16.3. The summed E-state index contributed by atoms with van der Waals surface area (Å²) in [5.74, 6) is 0.688. The number of carbonyl (C=O) groups excluding carboxylic acids is 1. The maximum Gasteiger partial charge on any atom is 0.224 e. The van der Waals surface area contributed by atoms with Gasteiger partial charge in [0.05, 0.1) is 10.2 Å². The molecule has 104 valence electrons. The molecule has 1 fully saturated rings. The minimum Gasteiger partial charge on any atom is -0.505 e. The van der Waals surface area contributed by atoms with E-state index in [1.165, 1.54) is 0 Å². The average Bonchev–Trinajstić information content (AvgIpc) is 2.43. The van der Waals surface area contributed by atoms with E-state index in [4.69, 9.17) is 0 Å². The molecular formula is C14H19BrN2O2. The van der Waals surface area contributed by atoms with Crippen molar-refractivity contribution in [2.24, 2.45) is 5.92 Å². The predicted molar refractivity (Wildman–Crippen MR) is 79.3 cm³/mol. The summed E-state index contributed by atoms with van der Waals surface area (Å²) in [6.07, 6.45) is 3.73. The van der Waals surface area contributed by atoms with Gasteiger partial charge in [0.1, 0.15) is 0 Å². The second-order valence-electron chi connectivity index (χ2n) is 4.92. The Bertz CT molecular complexity index is 445. The van der Waals surface area contributed by atoms with E-state index in [-0.39, 0.29) is 11.7 Å². The number of halogens is 1. The third-order valence-corrected chi connectivity index (χ3v) is 4.14. The van der Waals surface area contributed by atoms with Crippen LogP contribution < -0.4 is 10.6 Å². The molecule has 1 heterocycles. The van der Waals surface area contributed by atoms with Crippen molar-refractivity contribution in [1.82, 2.24) is 5.32 Å². The van der Waals surface area contributed by atoms with Crippen LogP contribution in [-0.2, 0) is 4.79 Å². The van der Waals surface area contributed by atoms with Crippen LogP contribution in [0.25, 0.3) is 0 Å². The van der Waals surface area contributed by atoms with Crippen LogP contribution in [0.2, 0.25) is 0 Å². The molecule has 2 rings (SSSR count). The molecule has 1 saturated heterocycles. The number of para-hydroxylation sites is 1. The van der Waals surface area contributed by atoms with E-state index in [9.17, 15) is 9.90 Å². The quantitative estimate of drug-likeness (QED) is 0.745. The van der Waals surface area contributed by atoms with E-state index in [1.54, 1.807) is 18.2 Å². The Balaban J connectivity index is 1.82. The molecule has 19 heavy (non-hydrogen) atoms. The Morgan fingerprint density at radius 3 is 2.89 bits per heavy atom. The van der Waals surface area contributed by atoms with Crippen molar-refractivity contribution in [3.63, 3.8) is 0 Å². The summed E-state index contributed by atoms with van der Waals surface area (Å²) in [7, 11) is 0. The van der Waals surface area contributed by atoms with Gasteiger partial charge in [0, 0.05) is 6.42 Å². The smallest absolute Gasteiger partial charge is 0.224 e. The number of piperidine rings is 1. The fraction of sp³-hybridized carbons (Fsp3) is 0.500. The molecule has 1 aromatic carbocycles. The highest BCUT2D eigenvalue weighted by molar-refractivity contribution is 9.10. The van der Waals surface area contributed by atoms with Gasteiger partial charge in [-0.05, 0) is 66.3 Å². The molecule has 0 atom stereocenters. The Morgan fingerprint density at radius 1 is 1.42 bits per heavy atom. The maximum atomic E-state index is 11.9. The number of hydrogen-bond donors (Lipinski definition) is 3. The van der Waals surface area contributed by atoms with Crippen molar-refractivity contribution in [3.8, 4) is 5.75 Å². The summed E-state index contributed by atoms with van der Waals surface area (Å²) in [5, 5.41) is 15.9. The van der Waals surface area contributed by atoms with E-state index >= 15 is 0 Å². The molecule has 5 heteroatoms. The Labute approximate surface area is 121 Å². The molecule has 0 spiro atoms. The molecule has 1 aromatic rings. The standard InChI is InChI=1S/C14H19BrN2O2/c15-11-2-1-3-12(14(11)19)17-13(18)5-4-10-6-8-16-9-7-10/h1-3,10,16,19H,4-9H2,(H,17,18). The number of rotatable bonds is 4. The van der Waals surface area contributed by atoms with Crippen LogP contribution in [0.4, 0.5) is 5.69 Å². The van der Waals surface area contributed by atoms with Crippen molar-refractivity contribution in [3.05, 3.63) is 22.7 Å². The van der Waals surface area contributed by atoms with Gasteiger partial charge in [-0.2, -0.15) is 0 Å². The lowest BCUT2D eigenvalue weighted by Gasteiger charge is -2.22. The van der Waals surface area contributed by atoms with Gasteiger partial charge >= 0.3 is 0 Å². The topological polar surface area (TPSA) is 61.4 Å². The fourth-order valence-electron chi connectivity index (χ4n) is 2.33. The maximum absolute atomic E-state index is 11.9. The van der Waals surface area contributed by atoms with Crippen LogP contribution in [0.15, 0.2) is 22.7 Å². The third-order valence-electron chi connectivity index (χ3n) is 3.50. The van der Waals surface area contributed by atoms with Crippen LogP contribution in [0.1, 0.15) is 25.7 Å². The van der Waals surface area contributed by atoms with Crippen LogP contribution in [-0.4, -0.2) is 24.1 Å². The van der Waals surface area contributed by atoms with Gasteiger partial charge in [0.15, 0.2) is 5.75 Å². The third kappa shape index (κ3) is 4.21. The first-order valence-corrected chi connectivity index (χ1v) is 7.44. The molecule has 1 aliphatic rings. The number of aromatic hydroxyl groups is 1. The molecule has 0 aliphatic carbocycles. The summed E-state index contributed by atoms with van der Waals surface area (Å²) in [4.78, 5) is 11.9. The minimum atomic E-state index is -0.0352. The van der Waals surface area contributed by atoms with Crippen molar-refractivity contribution < 1.29 is 9.90 Å². The zero-order valence-corrected chi connectivity index (χ0v) is 12.4. The molecule has 4 nitrogen and oxygen atoms in total. The molecule has 0 radical (unpaired) electrons.